The SMILES string of the molecule is COC(=O)c1cccc(NC(=O)NCCN2CCC(C)CC2)c1. The number of rotatable bonds is 5. The van der Waals surface area contributed by atoms with Gasteiger partial charge in [0.1, 0.15) is 0 Å². The third kappa shape index (κ3) is 5.56. The number of ether oxygens (including phenoxy) is 1. The second-order valence-corrected chi connectivity index (χ2v) is 5.98. The molecule has 1 aromatic carbocycles. The van der Waals surface area contributed by atoms with Crippen molar-refractivity contribution in [3.63, 3.8) is 0 Å². The summed E-state index contributed by atoms with van der Waals surface area (Å²) in [4.78, 5) is 25.7. The number of carbonyl (C=O) groups excluding carboxylic acids is 2. The standard InChI is InChI=1S/C17H25N3O3/c1-13-6-9-20(10-7-13)11-8-18-17(22)19-15-5-3-4-14(12-15)16(21)23-2/h3-5,12-13H,6-11H2,1-2H3,(H2,18,19,22). The number of likely N-dealkylation sites (tertiary alicyclic amines) is 1. The van der Waals surface area contributed by atoms with Crippen molar-refractivity contribution in [1.82, 2.24) is 10.2 Å². The van der Waals surface area contributed by atoms with Crippen LogP contribution in [-0.4, -0.2) is 50.2 Å². The van der Waals surface area contributed by atoms with Crippen LogP contribution in [0.4, 0.5) is 10.5 Å². The molecule has 0 saturated carbocycles. The monoisotopic (exact) mass is 319 g/mol. The lowest BCUT2D eigenvalue weighted by atomic mass is 9.99. The second kappa shape index (κ2) is 8.53. The van der Waals surface area contributed by atoms with Gasteiger partial charge in [-0.1, -0.05) is 13.0 Å². The summed E-state index contributed by atoms with van der Waals surface area (Å²) in [7, 11) is 1.33. The summed E-state index contributed by atoms with van der Waals surface area (Å²) in [6.07, 6.45) is 2.46. The first-order valence-electron chi connectivity index (χ1n) is 8.04. The van der Waals surface area contributed by atoms with Gasteiger partial charge in [-0.2, -0.15) is 0 Å². The fraction of sp³-hybridized carbons (Fsp3) is 0.529. The molecule has 1 fully saturated rings. The van der Waals surface area contributed by atoms with Crippen molar-refractivity contribution in [3.8, 4) is 0 Å². The normalized spacial score (nSPS) is 15.9. The summed E-state index contributed by atoms with van der Waals surface area (Å²) in [6.45, 7) is 5.96. The van der Waals surface area contributed by atoms with Gasteiger partial charge in [0.15, 0.2) is 0 Å². The predicted molar refractivity (Wildman–Crippen MR) is 89.6 cm³/mol. The number of nitrogens with one attached hydrogen (secondary N) is 2. The summed E-state index contributed by atoms with van der Waals surface area (Å²) < 4.78 is 4.66. The Bertz CT molecular complexity index is 540. The first-order valence-corrected chi connectivity index (χ1v) is 8.04. The van der Waals surface area contributed by atoms with Crippen molar-refractivity contribution < 1.29 is 14.3 Å². The highest BCUT2D eigenvalue weighted by Gasteiger charge is 2.15. The van der Waals surface area contributed by atoms with Crippen LogP contribution in [0.2, 0.25) is 0 Å². The van der Waals surface area contributed by atoms with E-state index in [1.807, 2.05) is 0 Å². The predicted octanol–water partition coefficient (Wildman–Crippen LogP) is 2.33. The molecule has 0 aromatic heterocycles. The number of benzene rings is 1. The van der Waals surface area contributed by atoms with Gasteiger partial charge in [0.25, 0.3) is 0 Å². The van der Waals surface area contributed by atoms with Crippen LogP contribution in [-0.2, 0) is 4.74 Å². The van der Waals surface area contributed by atoms with Crippen molar-refractivity contribution in [2.75, 3.05) is 38.6 Å². The molecule has 2 N–H and O–H groups in total. The van der Waals surface area contributed by atoms with E-state index in [2.05, 4.69) is 27.2 Å². The fourth-order valence-corrected chi connectivity index (χ4v) is 2.63. The first kappa shape index (κ1) is 17.3. The van der Waals surface area contributed by atoms with E-state index in [1.165, 1.54) is 20.0 Å². The van der Waals surface area contributed by atoms with Gasteiger partial charge in [0, 0.05) is 18.8 Å². The molecule has 6 heteroatoms. The highest BCUT2D eigenvalue weighted by Crippen LogP contribution is 2.15. The van der Waals surface area contributed by atoms with E-state index in [1.54, 1.807) is 24.3 Å². The van der Waals surface area contributed by atoms with Gasteiger partial charge in [-0.05, 0) is 50.0 Å². The summed E-state index contributed by atoms with van der Waals surface area (Å²) in [5.41, 5.74) is 0.977. The molecular formula is C17H25N3O3. The maximum absolute atomic E-state index is 11.9. The minimum absolute atomic E-state index is 0.266. The molecule has 0 bridgehead atoms. The Labute approximate surface area is 137 Å². The molecule has 23 heavy (non-hydrogen) atoms. The van der Waals surface area contributed by atoms with Crippen molar-refractivity contribution in [1.29, 1.82) is 0 Å². The number of methoxy groups -OCH3 is 1. The Kier molecular flexibility index (Phi) is 6.40. The lowest BCUT2D eigenvalue weighted by molar-refractivity contribution is 0.0600. The van der Waals surface area contributed by atoms with Gasteiger partial charge in [0.05, 0.1) is 12.7 Å². The maximum Gasteiger partial charge on any atom is 0.337 e. The number of urea groups is 1. The number of esters is 1. The summed E-state index contributed by atoms with van der Waals surface area (Å²) >= 11 is 0. The van der Waals surface area contributed by atoms with Gasteiger partial charge < -0.3 is 20.3 Å². The molecular weight excluding hydrogens is 294 g/mol. The molecule has 0 spiro atoms. The minimum atomic E-state index is -0.423. The molecule has 0 aliphatic carbocycles. The Morgan fingerprint density at radius 2 is 2.04 bits per heavy atom. The van der Waals surface area contributed by atoms with Crippen LogP contribution < -0.4 is 10.6 Å². The van der Waals surface area contributed by atoms with Crippen molar-refractivity contribution in [2.24, 2.45) is 5.92 Å². The minimum Gasteiger partial charge on any atom is -0.465 e. The third-order valence-corrected chi connectivity index (χ3v) is 4.13. The molecule has 126 valence electrons. The van der Waals surface area contributed by atoms with Crippen LogP contribution in [0.1, 0.15) is 30.1 Å². The summed E-state index contributed by atoms with van der Waals surface area (Å²) in [5, 5.41) is 5.57. The number of carbonyl (C=O) groups is 2. The van der Waals surface area contributed by atoms with E-state index in [9.17, 15) is 9.59 Å². The van der Waals surface area contributed by atoms with Crippen LogP contribution in [0.25, 0.3) is 0 Å². The molecule has 0 unspecified atom stereocenters. The Morgan fingerprint density at radius 3 is 2.74 bits per heavy atom. The maximum atomic E-state index is 11.9. The molecule has 1 saturated heterocycles. The van der Waals surface area contributed by atoms with E-state index >= 15 is 0 Å². The molecule has 0 atom stereocenters. The van der Waals surface area contributed by atoms with Crippen LogP contribution in [0.5, 0.6) is 0 Å². The number of piperidine rings is 1. The number of hydrogen-bond acceptors (Lipinski definition) is 4. The van der Waals surface area contributed by atoms with Crippen molar-refractivity contribution in [2.45, 2.75) is 19.8 Å². The number of anilines is 1. The Hall–Kier alpha value is -2.08. The molecule has 1 heterocycles. The average Bonchev–Trinajstić information content (AvgIpc) is 2.56. The highest BCUT2D eigenvalue weighted by atomic mass is 16.5. The number of hydrogen-bond donors (Lipinski definition) is 2. The van der Waals surface area contributed by atoms with Gasteiger partial charge in [-0.3, -0.25) is 0 Å². The highest BCUT2D eigenvalue weighted by molar-refractivity contribution is 5.93. The van der Waals surface area contributed by atoms with Crippen LogP contribution in [0.15, 0.2) is 24.3 Å². The molecule has 1 aliphatic rings. The molecule has 6 nitrogen and oxygen atoms in total. The zero-order valence-corrected chi connectivity index (χ0v) is 13.8. The third-order valence-electron chi connectivity index (χ3n) is 4.13. The van der Waals surface area contributed by atoms with Crippen LogP contribution in [0, 0.1) is 5.92 Å². The summed E-state index contributed by atoms with van der Waals surface area (Å²) in [6, 6.07) is 6.41. The van der Waals surface area contributed by atoms with E-state index in [0.717, 1.165) is 25.6 Å². The van der Waals surface area contributed by atoms with Crippen molar-refractivity contribution >= 4 is 17.7 Å². The fourth-order valence-electron chi connectivity index (χ4n) is 2.63. The first-order chi connectivity index (χ1) is 11.1. The molecule has 2 amide bonds. The van der Waals surface area contributed by atoms with Gasteiger partial charge in [-0.25, -0.2) is 9.59 Å². The van der Waals surface area contributed by atoms with E-state index in [0.29, 0.717) is 17.8 Å². The van der Waals surface area contributed by atoms with E-state index < -0.39 is 5.97 Å². The van der Waals surface area contributed by atoms with E-state index in [-0.39, 0.29) is 6.03 Å². The zero-order valence-electron chi connectivity index (χ0n) is 13.8. The lowest BCUT2D eigenvalue weighted by Gasteiger charge is -2.30. The van der Waals surface area contributed by atoms with Gasteiger partial charge >= 0.3 is 12.0 Å². The van der Waals surface area contributed by atoms with Gasteiger partial charge in [-0.15, -0.1) is 0 Å². The smallest absolute Gasteiger partial charge is 0.337 e. The Balaban J connectivity index is 1.73. The molecule has 0 radical (unpaired) electrons. The molecule has 1 aromatic rings. The lowest BCUT2D eigenvalue weighted by Crippen LogP contribution is -2.40. The van der Waals surface area contributed by atoms with Gasteiger partial charge in [0.2, 0.25) is 0 Å². The average molecular weight is 319 g/mol. The quantitative estimate of drug-likeness (QED) is 0.817. The van der Waals surface area contributed by atoms with E-state index in [4.69, 9.17) is 0 Å². The number of amides is 2. The van der Waals surface area contributed by atoms with Crippen molar-refractivity contribution in [3.05, 3.63) is 29.8 Å². The Morgan fingerprint density at radius 1 is 1.30 bits per heavy atom. The number of nitrogens with zero attached hydrogens (tertiary/aromatic N) is 1. The zero-order chi connectivity index (χ0) is 16.7. The largest absolute Gasteiger partial charge is 0.465 e. The summed E-state index contributed by atoms with van der Waals surface area (Å²) in [5.74, 6) is 0.387. The molecule has 1 aliphatic heterocycles. The van der Waals surface area contributed by atoms with Crippen LogP contribution in [0.3, 0.4) is 0 Å². The molecule has 2 rings (SSSR count). The topological polar surface area (TPSA) is 70.7 Å². The second-order valence-electron chi connectivity index (χ2n) is 5.98. The van der Waals surface area contributed by atoms with Crippen LogP contribution >= 0.6 is 0 Å².